The number of thiophene rings is 1. The molecule has 4 rings (SSSR count). The molecule has 7 nitrogen and oxygen atoms in total. The molecule has 1 amide bonds. The number of carbonyl (C=O) groups is 1. The summed E-state index contributed by atoms with van der Waals surface area (Å²) in [6, 6.07) is 21.8. The predicted molar refractivity (Wildman–Crippen MR) is 115 cm³/mol. The normalized spacial score (nSPS) is 11.2. The molecular weight excluding hydrogens is 424 g/mol. The lowest BCUT2D eigenvalue weighted by atomic mass is 10.2. The zero-order valence-electron chi connectivity index (χ0n) is 15.4. The van der Waals surface area contributed by atoms with Crippen LogP contribution in [0.3, 0.4) is 0 Å². The molecule has 0 saturated carbocycles. The number of sulfonamides is 1. The van der Waals surface area contributed by atoms with Crippen LogP contribution >= 0.6 is 11.3 Å². The van der Waals surface area contributed by atoms with E-state index >= 15 is 0 Å². The van der Waals surface area contributed by atoms with Gasteiger partial charge in [0, 0.05) is 10.4 Å². The molecule has 0 atom stereocenters. The van der Waals surface area contributed by atoms with Gasteiger partial charge >= 0.3 is 0 Å². The van der Waals surface area contributed by atoms with Gasteiger partial charge in [0.25, 0.3) is 15.9 Å². The van der Waals surface area contributed by atoms with Crippen molar-refractivity contribution < 1.29 is 23.2 Å². The first-order valence-electron chi connectivity index (χ1n) is 8.78. The van der Waals surface area contributed by atoms with E-state index in [1.165, 1.54) is 23.5 Å². The van der Waals surface area contributed by atoms with E-state index in [1.54, 1.807) is 41.9 Å². The lowest BCUT2D eigenvalue weighted by Gasteiger charge is -2.10. The molecule has 0 spiro atoms. The van der Waals surface area contributed by atoms with Crippen molar-refractivity contribution in [2.75, 3.05) is 4.72 Å². The summed E-state index contributed by atoms with van der Waals surface area (Å²) in [5.74, 6) is 0.565. The van der Waals surface area contributed by atoms with Crippen LogP contribution in [0.5, 0.6) is 11.5 Å². The Hall–Kier alpha value is -3.40. The Kier molecular flexibility index (Phi) is 5.40. The van der Waals surface area contributed by atoms with Crippen LogP contribution in [-0.2, 0) is 10.0 Å². The van der Waals surface area contributed by atoms with Crippen molar-refractivity contribution in [3.8, 4) is 11.5 Å². The van der Waals surface area contributed by atoms with Crippen LogP contribution in [0.4, 0.5) is 5.69 Å². The zero-order valence-corrected chi connectivity index (χ0v) is 17.0. The van der Waals surface area contributed by atoms with Crippen molar-refractivity contribution in [3.05, 3.63) is 83.7 Å². The molecule has 0 aliphatic heterocycles. The molecule has 0 saturated heterocycles. The zero-order chi connectivity index (χ0) is 21.1. The molecule has 0 aliphatic rings. The Morgan fingerprint density at radius 2 is 1.60 bits per heavy atom. The summed E-state index contributed by atoms with van der Waals surface area (Å²) in [6.07, 6.45) is 0. The van der Waals surface area contributed by atoms with Crippen molar-refractivity contribution in [3.63, 3.8) is 0 Å². The summed E-state index contributed by atoms with van der Waals surface area (Å²) in [5.41, 5.74) is 1.95. The number of hydrogen-bond acceptors (Lipinski definition) is 6. The van der Waals surface area contributed by atoms with Crippen LogP contribution in [0.15, 0.2) is 83.8 Å². The molecule has 0 radical (unpaired) electrons. The number of carbonyl (C=O) groups excluding carboxylic acids is 1. The molecule has 0 unspecified atom stereocenters. The van der Waals surface area contributed by atoms with Crippen molar-refractivity contribution in [1.82, 2.24) is 5.48 Å². The number of ether oxygens (including phenoxy) is 1. The third kappa shape index (κ3) is 4.28. The summed E-state index contributed by atoms with van der Waals surface area (Å²) in [7, 11) is -3.81. The number of fused-ring (bicyclic) bond motifs is 1. The summed E-state index contributed by atoms with van der Waals surface area (Å²) < 4.78 is 34.4. The van der Waals surface area contributed by atoms with E-state index in [-0.39, 0.29) is 4.90 Å². The van der Waals surface area contributed by atoms with Crippen LogP contribution in [0.2, 0.25) is 0 Å². The van der Waals surface area contributed by atoms with E-state index in [9.17, 15) is 13.2 Å². The fourth-order valence-electron chi connectivity index (χ4n) is 2.80. The fourth-order valence-corrected chi connectivity index (χ4v) is 4.78. The number of anilines is 1. The topological polar surface area (TPSA) is 105 Å². The van der Waals surface area contributed by atoms with E-state index in [4.69, 9.17) is 9.94 Å². The maximum absolute atomic E-state index is 12.7. The van der Waals surface area contributed by atoms with Crippen LogP contribution in [-0.4, -0.2) is 19.5 Å². The van der Waals surface area contributed by atoms with Gasteiger partial charge in [0.2, 0.25) is 0 Å². The summed E-state index contributed by atoms with van der Waals surface area (Å²) in [6.45, 7) is 0. The monoisotopic (exact) mass is 440 g/mol. The minimum Gasteiger partial charge on any atom is -0.457 e. The summed E-state index contributed by atoms with van der Waals surface area (Å²) >= 11 is 1.19. The van der Waals surface area contributed by atoms with E-state index in [0.29, 0.717) is 27.4 Å². The third-order valence-corrected chi connectivity index (χ3v) is 6.72. The highest BCUT2D eigenvalue weighted by atomic mass is 32.2. The molecule has 0 fully saturated rings. The minimum atomic E-state index is -3.81. The van der Waals surface area contributed by atoms with Gasteiger partial charge in [-0.3, -0.25) is 14.7 Å². The minimum absolute atomic E-state index is 0.0914. The molecule has 3 N–H and O–H groups in total. The maximum atomic E-state index is 12.7. The molecule has 1 heterocycles. The predicted octanol–water partition coefficient (Wildman–Crippen LogP) is 4.61. The first-order valence-corrected chi connectivity index (χ1v) is 11.1. The SMILES string of the molecule is O=C(NO)c1cc2cc(NS(=O)(=O)c3ccc(Oc4ccccc4)cc3)ccc2s1. The highest BCUT2D eigenvalue weighted by Gasteiger charge is 2.16. The lowest BCUT2D eigenvalue weighted by Crippen LogP contribution is -2.16. The standard InChI is InChI=1S/C21H16N2O5S2/c24-21(22-25)20-13-14-12-15(6-11-19(14)29-20)23-30(26,27)18-9-7-17(8-10-18)28-16-4-2-1-3-5-16/h1-13,23,25H,(H,22,24). The van der Waals surface area contributed by atoms with Crippen molar-refractivity contribution in [2.45, 2.75) is 4.90 Å². The van der Waals surface area contributed by atoms with Crippen molar-refractivity contribution >= 4 is 43.0 Å². The molecule has 9 heteroatoms. The first kappa shape index (κ1) is 19.9. The second-order valence-corrected chi connectivity index (χ2v) is 9.06. The van der Waals surface area contributed by atoms with Gasteiger partial charge in [-0.2, -0.15) is 0 Å². The smallest absolute Gasteiger partial charge is 0.284 e. The molecule has 3 aromatic carbocycles. The van der Waals surface area contributed by atoms with Crippen LogP contribution < -0.4 is 14.9 Å². The molecule has 0 bridgehead atoms. The molecule has 30 heavy (non-hydrogen) atoms. The van der Waals surface area contributed by atoms with Gasteiger partial charge in [0.15, 0.2) is 0 Å². The number of amides is 1. The number of benzene rings is 3. The largest absolute Gasteiger partial charge is 0.457 e. The van der Waals surface area contributed by atoms with Crippen molar-refractivity contribution in [1.29, 1.82) is 0 Å². The van der Waals surface area contributed by atoms with Crippen molar-refractivity contribution in [2.24, 2.45) is 0 Å². The van der Waals surface area contributed by atoms with E-state index in [2.05, 4.69) is 4.72 Å². The Morgan fingerprint density at radius 3 is 2.30 bits per heavy atom. The second-order valence-electron chi connectivity index (χ2n) is 6.30. The Morgan fingerprint density at radius 1 is 0.900 bits per heavy atom. The number of rotatable bonds is 6. The quantitative estimate of drug-likeness (QED) is 0.300. The average molecular weight is 441 g/mol. The Balaban J connectivity index is 1.53. The van der Waals surface area contributed by atoms with E-state index in [0.717, 1.165) is 4.70 Å². The molecule has 0 aliphatic carbocycles. The van der Waals surface area contributed by atoms with Crippen LogP contribution in [0.25, 0.3) is 10.1 Å². The third-order valence-electron chi connectivity index (χ3n) is 4.21. The Labute approximate surface area is 176 Å². The molecule has 4 aromatic rings. The van der Waals surface area contributed by atoms with Crippen LogP contribution in [0.1, 0.15) is 9.67 Å². The molecule has 1 aromatic heterocycles. The highest BCUT2D eigenvalue weighted by Crippen LogP contribution is 2.29. The number of para-hydroxylation sites is 1. The highest BCUT2D eigenvalue weighted by molar-refractivity contribution is 7.92. The van der Waals surface area contributed by atoms with Gasteiger partial charge in [0.05, 0.1) is 9.77 Å². The second kappa shape index (κ2) is 8.15. The average Bonchev–Trinajstić information content (AvgIpc) is 3.17. The first-order chi connectivity index (χ1) is 14.4. The fraction of sp³-hybridized carbons (Fsp3) is 0. The van der Waals surface area contributed by atoms with Gasteiger partial charge in [-0.05, 0) is 66.0 Å². The maximum Gasteiger partial charge on any atom is 0.284 e. The van der Waals surface area contributed by atoms with Gasteiger partial charge < -0.3 is 4.74 Å². The number of nitrogens with one attached hydrogen (secondary N) is 2. The summed E-state index contributed by atoms with van der Waals surface area (Å²) in [5, 5.41) is 9.44. The number of hydroxylamine groups is 1. The Bertz CT molecular complexity index is 1300. The lowest BCUT2D eigenvalue weighted by molar-refractivity contribution is 0.0711. The van der Waals surface area contributed by atoms with Gasteiger partial charge in [-0.25, -0.2) is 13.9 Å². The molecular formula is C21H16N2O5S2. The van der Waals surface area contributed by atoms with Gasteiger partial charge in [-0.1, -0.05) is 18.2 Å². The summed E-state index contributed by atoms with van der Waals surface area (Å²) in [4.78, 5) is 12.0. The van der Waals surface area contributed by atoms with Crippen LogP contribution in [0, 0.1) is 0 Å². The number of hydrogen-bond donors (Lipinski definition) is 3. The van der Waals surface area contributed by atoms with E-state index in [1.807, 2.05) is 30.3 Å². The van der Waals surface area contributed by atoms with Gasteiger partial charge in [0.1, 0.15) is 11.5 Å². The van der Waals surface area contributed by atoms with Gasteiger partial charge in [-0.15, -0.1) is 11.3 Å². The molecule has 152 valence electrons. The van der Waals surface area contributed by atoms with E-state index < -0.39 is 15.9 Å².